The van der Waals surface area contributed by atoms with Crippen LogP contribution in [0.25, 0.3) is 10.8 Å². The normalized spacial score (nSPS) is 12.2. The molecule has 1 unspecified atom stereocenters. The van der Waals surface area contributed by atoms with E-state index in [0.29, 0.717) is 11.5 Å². The Kier molecular flexibility index (Phi) is 9.36. The Morgan fingerprint density at radius 1 is 0.767 bits per heavy atom. The smallest absolute Gasteiger partial charge is 0.295 e. The van der Waals surface area contributed by atoms with Crippen molar-refractivity contribution in [3.63, 3.8) is 0 Å². The van der Waals surface area contributed by atoms with Gasteiger partial charge in [0.05, 0.1) is 35.9 Å². The van der Waals surface area contributed by atoms with Crippen LogP contribution >= 0.6 is 0 Å². The predicted molar refractivity (Wildman–Crippen MR) is 156 cm³/mol. The Hall–Kier alpha value is -4.89. The largest absolute Gasteiger partial charge is 0.497 e. The van der Waals surface area contributed by atoms with Gasteiger partial charge in [-0.3, -0.25) is 9.59 Å². The summed E-state index contributed by atoms with van der Waals surface area (Å²) in [5.41, 5.74) is -0.0113. The summed E-state index contributed by atoms with van der Waals surface area (Å²) in [7, 11) is -5.87. The molecule has 4 rings (SSSR count). The highest BCUT2D eigenvalue weighted by atomic mass is 32.2. The number of fused-ring (bicyclic) bond motifs is 1. The van der Waals surface area contributed by atoms with Crippen LogP contribution in [0.2, 0.25) is 0 Å². The van der Waals surface area contributed by atoms with Crippen LogP contribution in [0.5, 0.6) is 11.5 Å². The first-order chi connectivity index (χ1) is 20.6. The molecule has 3 aromatic carbocycles. The van der Waals surface area contributed by atoms with Crippen molar-refractivity contribution < 1.29 is 45.4 Å². The standard InChI is InChI=1S/C28H27N3O10S2/c1-20(41-19-33)31(43(36,37)24-14-10-22(39-3)11-15-24)28-26-7-5-4-6-25(26)27(16-29-28)30(17-40-18-32)42(34,35)23-12-8-21(38-2)9-13-23/h4-16,18-20H,17H2,1-3H3. The molecular formula is C28H27N3O10S2. The van der Waals surface area contributed by atoms with Crippen LogP contribution in [0.1, 0.15) is 6.92 Å². The second kappa shape index (κ2) is 13.0. The van der Waals surface area contributed by atoms with Gasteiger partial charge in [-0.05, 0) is 55.5 Å². The molecule has 0 aliphatic heterocycles. The fourth-order valence-electron chi connectivity index (χ4n) is 4.26. The maximum atomic E-state index is 13.9. The molecular weight excluding hydrogens is 602 g/mol. The van der Waals surface area contributed by atoms with Crippen LogP contribution in [-0.2, 0) is 39.1 Å². The summed E-state index contributed by atoms with van der Waals surface area (Å²) in [4.78, 5) is 26.5. The van der Waals surface area contributed by atoms with Crippen molar-refractivity contribution in [2.24, 2.45) is 0 Å². The number of aromatic nitrogens is 1. The van der Waals surface area contributed by atoms with Gasteiger partial charge in [0, 0.05) is 10.8 Å². The fourth-order valence-corrected chi connectivity index (χ4v) is 7.12. The van der Waals surface area contributed by atoms with Crippen LogP contribution < -0.4 is 18.1 Å². The summed E-state index contributed by atoms with van der Waals surface area (Å²) in [5, 5.41) is 0.437. The summed E-state index contributed by atoms with van der Waals surface area (Å²) >= 11 is 0. The van der Waals surface area contributed by atoms with Crippen molar-refractivity contribution in [3.05, 3.63) is 79.0 Å². The minimum atomic E-state index is -4.40. The summed E-state index contributed by atoms with van der Waals surface area (Å²) < 4.78 is 77.2. The quantitative estimate of drug-likeness (QED) is 0.149. The number of methoxy groups -OCH3 is 2. The lowest BCUT2D eigenvalue weighted by Crippen LogP contribution is -2.41. The number of hydrogen-bond donors (Lipinski definition) is 0. The van der Waals surface area contributed by atoms with Gasteiger partial charge in [-0.1, -0.05) is 24.3 Å². The molecule has 1 aromatic heterocycles. The van der Waals surface area contributed by atoms with Crippen LogP contribution in [0.15, 0.2) is 88.8 Å². The molecule has 0 aliphatic rings. The van der Waals surface area contributed by atoms with Gasteiger partial charge >= 0.3 is 0 Å². The van der Waals surface area contributed by atoms with E-state index in [2.05, 4.69) is 4.98 Å². The molecule has 0 aliphatic carbocycles. The highest BCUT2D eigenvalue weighted by molar-refractivity contribution is 7.93. The molecule has 1 heterocycles. The highest BCUT2D eigenvalue weighted by Crippen LogP contribution is 2.38. The second-order valence-electron chi connectivity index (χ2n) is 8.74. The Morgan fingerprint density at radius 3 is 1.81 bits per heavy atom. The van der Waals surface area contributed by atoms with E-state index in [4.69, 9.17) is 18.9 Å². The lowest BCUT2D eigenvalue weighted by atomic mass is 10.1. The topological polar surface area (TPSA) is 159 Å². The van der Waals surface area contributed by atoms with E-state index < -0.39 is 33.0 Å². The molecule has 0 bridgehead atoms. The number of nitrogens with zero attached hydrogens (tertiary/aromatic N) is 3. The predicted octanol–water partition coefficient (Wildman–Crippen LogP) is 3.29. The lowest BCUT2D eigenvalue weighted by molar-refractivity contribution is -0.132. The number of hydrogen-bond acceptors (Lipinski definition) is 11. The fraction of sp³-hybridized carbons (Fsp3) is 0.179. The zero-order chi connectivity index (χ0) is 31.2. The average Bonchev–Trinajstić information content (AvgIpc) is 3.02. The number of rotatable bonds is 14. The molecule has 13 nitrogen and oxygen atoms in total. The molecule has 0 N–H and O–H groups in total. The zero-order valence-electron chi connectivity index (χ0n) is 23.2. The van der Waals surface area contributed by atoms with Crippen molar-refractivity contribution >= 4 is 55.3 Å². The second-order valence-corrected chi connectivity index (χ2v) is 12.4. The molecule has 0 amide bonds. The third kappa shape index (κ3) is 6.17. The van der Waals surface area contributed by atoms with E-state index in [9.17, 15) is 26.4 Å². The van der Waals surface area contributed by atoms with E-state index >= 15 is 0 Å². The number of carbonyl (C=O) groups excluding carboxylic acids is 2. The maximum absolute atomic E-state index is 13.9. The lowest BCUT2D eigenvalue weighted by Gasteiger charge is -2.30. The maximum Gasteiger partial charge on any atom is 0.295 e. The van der Waals surface area contributed by atoms with E-state index in [0.717, 1.165) is 14.8 Å². The van der Waals surface area contributed by atoms with Crippen molar-refractivity contribution in [2.75, 3.05) is 29.6 Å². The van der Waals surface area contributed by atoms with Crippen LogP contribution in [-0.4, -0.2) is 61.9 Å². The van der Waals surface area contributed by atoms with Gasteiger partial charge < -0.3 is 18.9 Å². The minimum absolute atomic E-state index is 0.0113. The number of ether oxygens (including phenoxy) is 4. The van der Waals surface area contributed by atoms with Crippen molar-refractivity contribution in [1.82, 2.24) is 4.98 Å². The van der Waals surface area contributed by atoms with Crippen molar-refractivity contribution in [2.45, 2.75) is 22.9 Å². The van der Waals surface area contributed by atoms with Crippen LogP contribution in [0.3, 0.4) is 0 Å². The summed E-state index contributed by atoms with van der Waals surface area (Å²) in [6, 6.07) is 17.4. The first kappa shape index (κ1) is 31.1. The minimum Gasteiger partial charge on any atom is -0.497 e. The molecule has 43 heavy (non-hydrogen) atoms. The molecule has 1 atom stereocenters. The van der Waals surface area contributed by atoms with Crippen LogP contribution in [0.4, 0.5) is 11.5 Å². The van der Waals surface area contributed by atoms with Gasteiger partial charge in [-0.25, -0.2) is 30.4 Å². The number of sulfonamides is 2. The number of anilines is 2. The van der Waals surface area contributed by atoms with Crippen molar-refractivity contribution in [1.29, 1.82) is 0 Å². The molecule has 15 heteroatoms. The van der Waals surface area contributed by atoms with E-state index in [-0.39, 0.29) is 45.0 Å². The average molecular weight is 630 g/mol. The molecule has 0 saturated carbocycles. The third-order valence-electron chi connectivity index (χ3n) is 6.34. The number of benzene rings is 3. The summed E-state index contributed by atoms with van der Waals surface area (Å²) in [6.45, 7) is 0.847. The molecule has 0 spiro atoms. The van der Waals surface area contributed by atoms with E-state index in [1.807, 2.05) is 0 Å². The van der Waals surface area contributed by atoms with Crippen LogP contribution in [0, 0.1) is 0 Å². The number of carbonyl (C=O) groups is 2. The Balaban J connectivity index is 1.93. The van der Waals surface area contributed by atoms with Gasteiger partial charge in [0.2, 0.25) is 0 Å². The molecule has 0 fully saturated rings. The van der Waals surface area contributed by atoms with E-state index in [1.165, 1.54) is 75.7 Å². The van der Waals surface area contributed by atoms with Gasteiger partial charge in [0.15, 0.2) is 18.8 Å². The highest BCUT2D eigenvalue weighted by Gasteiger charge is 2.35. The van der Waals surface area contributed by atoms with Crippen molar-refractivity contribution in [3.8, 4) is 11.5 Å². The molecule has 226 valence electrons. The first-order valence-corrected chi connectivity index (χ1v) is 15.4. The Morgan fingerprint density at radius 2 is 1.30 bits per heavy atom. The first-order valence-electron chi connectivity index (χ1n) is 12.5. The Labute approximate surface area is 248 Å². The van der Waals surface area contributed by atoms with Gasteiger partial charge in [0.1, 0.15) is 11.5 Å². The van der Waals surface area contributed by atoms with E-state index in [1.54, 1.807) is 18.2 Å². The Bertz CT molecular complexity index is 1810. The molecule has 4 aromatic rings. The van der Waals surface area contributed by atoms with Gasteiger partial charge in [-0.15, -0.1) is 0 Å². The SMILES string of the molecule is COc1ccc(S(=O)(=O)N(COC=O)c2cnc(N(C(C)OC=O)S(=O)(=O)c3ccc(OC)cc3)c3ccccc23)cc1. The molecule has 0 radical (unpaired) electrons. The third-order valence-corrected chi connectivity index (χ3v) is 9.94. The molecule has 0 saturated heterocycles. The van der Waals surface area contributed by atoms with Gasteiger partial charge in [0.25, 0.3) is 33.0 Å². The van der Waals surface area contributed by atoms with Gasteiger partial charge in [-0.2, -0.15) is 0 Å². The zero-order valence-corrected chi connectivity index (χ0v) is 24.8. The summed E-state index contributed by atoms with van der Waals surface area (Å²) in [6.07, 6.45) is -0.222. The monoisotopic (exact) mass is 629 g/mol. The summed E-state index contributed by atoms with van der Waals surface area (Å²) in [5.74, 6) is 0.699. The number of pyridine rings is 1.